The highest BCUT2D eigenvalue weighted by Crippen LogP contribution is 2.25. The Hall–Kier alpha value is 0.160. The lowest BCUT2D eigenvalue weighted by Crippen LogP contribution is -2.52. The van der Waals surface area contributed by atoms with Crippen molar-refractivity contribution in [3.05, 3.63) is 0 Å². The van der Waals surface area contributed by atoms with Crippen LogP contribution in [0.5, 0.6) is 0 Å². The average molecular weight is 339 g/mol. The number of hydrogen-bond donors (Lipinski definition) is 0. The number of piperidine rings is 1. The first kappa shape index (κ1) is 19.2. The fourth-order valence-corrected chi connectivity index (χ4v) is 5.47. The minimum absolute atomic E-state index is 0.0915. The van der Waals surface area contributed by atoms with Crippen molar-refractivity contribution >= 4 is 21.8 Å². The van der Waals surface area contributed by atoms with Gasteiger partial charge in [-0.2, -0.15) is 17.0 Å². The molecule has 21 heavy (non-hydrogen) atoms. The standard InChI is InChI=1S/C15H31ClN2O2S/c1-5-15(6-2)18(11-13(3)4)21(19,20)17-9-7-8-14(10-16)12-17/h13-15H,5-12H2,1-4H3. The molecular formula is C15H31ClN2O2S. The maximum Gasteiger partial charge on any atom is 0.282 e. The van der Waals surface area contributed by atoms with Gasteiger partial charge in [0.25, 0.3) is 10.2 Å². The molecule has 0 aromatic rings. The van der Waals surface area contributed by atoms with Crippen molar-refractivity contribution < 1.29 is 8.42 Å². The van der Waals surface area contributed by atoms with Gasteiger partial charge in [-0.25, -0.2) is 0 Å². The minimum Gasteiger partial charge on any atom is -0.195 e. The Morgan fingerprint density at radius 1 is 1.29 bits per heavy atom. The summed E-state index contributed by atoms with van der Waals surface area (Å²) in [6.07, 6.45) is 3.66. The highest BCUT2D eigenvalue weighted by Gasteiger charge is 2.36. The maximum atomic E-state index is 13.1. The van der Waals surface area contributed by atoms with Gasteiger partial charge in [0, 0.05) is 31.6 Å². The molecule has 1 unspecified atom stereocenters. The molecule has 4 nitrogen and oxygen atoms in total. The summed E-state index contributed by atoms with van der Waals surface area (Å²) in [5.74, 6) is 1.16. The zero-order chi connectivity index (χ0) is 16.0. The molecule has 1 atom stereocenters. The van der Waals surface area contributed by atoms with Crippen molar-refractivity contribution in [3.8, 4) is 0 Å². The van der Waals surface area contributed by atoms with E-state index in [0.717, 1.165) is 25.7 Å². The van der Waals surface area contributed by atoms with Crippen molar-refractivity contribution in [3.63, 3.8) is 0 Å². The molecule has 0 N–H and O–H groups in total. The first-order valence-corrected chi connectivity index (χ1v) is 10.1. The highest BCUT2D eigenvalue weighted by molar-refractivity contribution is 7.86. The Balaban J connectivity index is 2.97. The summed E-state index contributed by atoms with van der Waals surface area (Å²) in [6.45, 7) is 10.1. The summed E-state index contributed by atoms with van der Waals surface area (Å²) in [4.78, 5) is 0. The van der Waals surface area contributed by atoms with E-state index in [0.29, 0.717) is 31.4 Å². The predicted octanol–water partition coefficient (Wildman–Crippen LogP) is 3.33. The molecule has 1 aliphatic rings. The van der Waals surface area contributed by atoms with Crippen LogP contribution in [-0.2, 0) is 10.2 Å². The quantitative estimate of drug-likeness (QED) is 0.637. The number of alkyl halides is 1. The van der Waals surface area contributed by atoms with Gasteiger partial charge in [-0.3, -0.25) is 0 Å². The van der Waals surface area contributed by atoms with E-state index >= 15 is 0 Å². The Bertz CT molecular complexity index is 396. The van der Waals surface area contributed by atoms with E-state index < -0.39 is 10.2 Å². The topological polar surface area (TPSA) is 40.6 Å². The second kappa shape index (κ2) is 8.70. The Morgan fingerprint density at radius 3 is 2.38 bits per heavy atom. The van der Waals surface area contributed by atoms with Crippen LogP contribution < -0.4 is 0 Å². The number of hydrogen-bond acceptors (Lipinski definition) is 2. The summed E-state index contributed by atoms with van der Waals surface area (Å²) >= 11 is 5.94. The molecule has 0 bridgehead atoms. The molecule has 0 amide bonds. The number of rotatable bonds is 8. The lowest BCUT2D eigenvalue weighted by atomic mass is 10.0. The molecule has 0 radical (unpaired) electrons. The van der Waals surface area contributed by atoms with Crippen LogP contribution in [0.3, 0.4) is 0 Å². The third-order valence-corrected chi connectivity index (χ3v) is 6.68. The SMILES string of the molecule is CCC(CC)N(CC(C)C)S(=O)(=O)N1CCCC(CCl)C1. The van der Waals surface area contributed by atoms with E-state index in [9.17, 15) is 8.42 Å². The molecule has 0 spiro atoms. The van der Waals surface area contributed by atoms with E-state index in [1.165, 1.54) is 0 Å². The van der Waals surface area contributed by atoms with Crippen LogP contribution in [0.15, 0.2) is 0 Å². The van der Waals surface area contributed by atoms with Gasteiger partial charge in [-0.15, -0.1) is 11.6 Å². The van der Waals surface area contributed by atoms with E-state index in [4.69, 9.17) is 11.6 Å². The molecule has 0 aliphatic carbocycles. The van der Waals surface area contributed by atoms with Crippen molar-refractivity contribution in [2.75, 3.05) is 25.5 Å². The van der Waals surface area contributed by atoms with Crippen molar-refractivity contribution in [1.82, 2.24) is 8.61 Å². The monoisotopic (exact) mass is 338 g/mol. The summed E-state index contributed by atoms with van der Waals surface area (Å²) in [5.41, 5.74) is 0. The third-order valence-electron chi connectivity index (χ3n) is 4.22. The lowest BCUT2D eigenvalue weighted by molar-refractivity contribution is 0.223. The Kier molecular flexibility index (Phi) is 7.96. The Morgan fingerprint density at radius 2 is 1.90 bits per heavy atom. The molecule has 1 aliphatic heterocycles. The highest BCUT2D eigenvalue weighted by atomic mass is 35.5. The molecular weight excluding hydrogens is 308 g/mol. The summed E-state index contributed by atoms with van der Waals surface area (Å²) in [5, 5.41) is 0. The Labute approximate surface area is 136 Å². The summed E-state index contributed by atoms with van der Waals surface area (Å²) < 4.78 is 29.5. The molecule has 1 fully saturated rings. The van der Waals surface area contributed by atoms with Crippen LogP contribution in [-0.4, -0.2) is 48.6 Å². The minimum atomic E-state index is -3.38. The second-order valence-electron chi connectivity index (χ2n) is 6.46. The summed E-state index contributed by atoms with van der Waals surface area (Å²) in [7, 11) is -3.38. The maximum absolute atomic E-state index is 13.1. The normalized spacial score (nSPS) is 21.6. The van der Waals surface area contributed by atoms with Gasteiger partial charge in [0.2, 0.25) is 0 Å². The van der Waals surface area contributed by atoms with Crippen LogP contribution in [0.25, 0.3) is 0 Å². The van der Waals surface area contributed by atoms with Crippen LogP contribution in [0.2, 0.25) is 0 Å². The van der Waals surface area contributed by atoms with E-state index in [1.807, 2.05) is 0 Å². The van der Waals surface area contributed by atoms with Crippen molar-refractivity contribution in [2.45, 2.75) is 59.4 Å². The second-order valence-corrected chi connectivity index (χ2v) is 8.65. The molecule has 126 valence electrons. The van der Waals surface area contributed by atoms with Crippen LogP contribution in [0.1, 0.15) is 53.4 Å². The molecule has 0 aromatic heterocycles. The summed E-state index contributed by atoms with van der Waals surface area (Å²) in [6, 6.07) is 0.0915. The molecule has 1 saturated heterocycles. The fourth-order valence-electron chi connectivity index (χ4n) is 3.00. The third kappa shape index (κ3) is 5.08. The van der Waals surface area contributed by atoms with E-state index in [1.54, 1.807) is 8.61 Å². The molecule has 0 saturated carbocycles. The predicted molar refractivity (Wildman–Crippen MR) is 89.9 cm³/mol. The van der Waals surface area contributed by atoms with Crippen molar-refractivity contribution in [1.29, 1.82) is 0 Å². The van der Waals surface area contributed by atoms with E-state index in [-0.39, 0.29) is 12.0 Å². The zero-order valence-electron chi connectivity index (χ0n) is 13.9. The van der Waals surface area contributed by atoms with Crippen LogP contribution >= 0.6 is 11.6 Å². The van der Waals surface area contributed by atoms with Gasteiger partial charge in [0.05, 0.1) is 0 Å². The van der Waals surface area contributed by atoms with Gasteiger partial charge < -0.3 is 0 Å². The first-order valence-electron chi connectivity index (χ1n) is 8.19. The fraction of sp³-hybridized carbons (Fsp3) is 1.00. The van der Waals surface area contributed by atoms with Gasteiger partial charge in [-0.1, -0.05) is 27.7 Å². The zero-order valence-corrected chi connectivity index (χ0v) is 15.5. The average Bonchev–Trinajstić information content (AvgIpc) is 2.47. The van der Waals surface area contributed by atoms with Gasteiger partial charge in [0.1, 0.15) is 0 Å². The van der Waals surface area contributed by atoms with Gasteiger partial charge >= 0.3 is 0 Å². The number of halogens is 1. The van der Waals surface area contributed by atoms with Gasteiger partial charge in [0.15, 0.2) is 0 Å². The molecule has 6 heteroatoms. The number of nitrogens with zero attached hydrogens (tertiary/aromatic N) is 2. The van der Waals surface area contributed by atoms with Crippen molar-refractivity contribution in [2.24, 2.45) is 11.8 Å². The molecule has 1 heterocycles. The lowest BCUT2D eigenvalue weighted by Gasteiger charge is -2.38. The van der Waals surface area contributed by atoms with Gasteiger partial charge in [-0.05, 0) is 37.5 Å². The first-order chi connectivity index (χ1) is 9.86. The van der Waals surface area contributed by atoms with E-state index in [2.05, 4.69) is 27.7 Å². The molecule has 1 rings (SSSR count). The molecule has 0 aromatic carbocycles. The van der Waals surface area contributed by atoms with Crippen LogP contribution in [0.4, 0.5) is 0 Å². The van der Waals surface area contributed by atoms with Crippen LogP contribution in [0, 0.1) is 11.8 Å². The smallest absolute Gasteiger partial charge is 0.195 e. The largest absolute Gasteiger partial charge is 0.282 e.